The van der Waals surface area contributed by atoms with Gasteiger partial charge < -0.3 is 10.8 Å². The normalized spacial score (nSPS) is 18.6. The summed E-state index contributed by atoms with van der Waals surface area (Å²) in [4.78, 5) is 13.7. The third-order valence-electron chi connectivity index (χ3n) is 5.33. The van der Waals surface area contributed by atoms with Crippen LogP contribution < -0.4 is 5.73 Å². The SMILES string of the molecule is Cc1cc(O)ccc1-c1ccc(C[C@@H](C#N)N2CCCCC2C(N)=O)cc1. The number of primary amides is 1. The number of nitrogens with zero attached hydrogens (tertiary/aromatic N) is 2. The number of hydrogen-bond acceptors (Lipinski definition) is 4. The molecule has 1 amide bonds. The molecule has 0 aliphatic carbocycles. The van der Waals surface area contributed by atoms with Crippen LogP contribution in [-0.2, 0) is 11.2 Å². The fourth-order valence-corrected chi connectivity index (χ4v) is 3.88. The van der Waals surface area contributed by atoms with Crippen molar-refractivity contribution in [2.24, 2.45) is 5.73 Å². The van der Waals surface area contributed by atoms with Crippen LogP contribution in [-0.4, -0.2) is 34.5 Å². The summed E-state index contributed by atoms with van der Waals surface area (Å²) < 4.78 is 0. The van der Waals surface area contributed by atoms with Crippen molar-refractivity contribution in [3.8, 4) is 22.9 Å². The molecule has 0 aromatic heterocycles. The van der Waals surface area contributed by atoms with Gasteiger partial charge in [0.25, 0.3) is 0 Å². The van der Waals surface area contributed by atoms with Crippen LogP contribution in [0.3, 0.4) is 0 Å². The molecule has 3 rings (SSSR count). The second kappa shape index (κ2) is 8.24. The highest BCUT2D eigenvalue weighted by Crippen LogP contribution is 2.27. The number of nitriles is 1. The quantitative estimate of drug-likeness (QED) is 0.854. The highest BCUT2D eigenvalue weighted by molar-refractivity contribution is 5.80. The van der Waals surface area contributed by atoms with E-state index in [9.17, 15) is 15.2 Å². The highest BCUT2D eigenvalue weighted by Gasteiger charge is 2.32. The molecule has 3 N–H and O–H groups in total. The van der Waals surface area contributed by atoms with Crippen molar-refractivity contribution in [3.63, 3.8) is 0 Å². The summed E-state index contributed by atoms with van der Waals surface area (Å²) in [5.41, 5.74) is 9.74. The van der Waals surface area contributed by atoms with E-state index in [1.807, 2.05) is 42.2 Å². The Morgan fingerprint density at radius 2 is 2.04 bits per heavy atom. The second-order valence-electron chi connectivity index (χ2n) is 7.20. The number of carbonyl (C=O) groups is 1. The van der Waals surface area contributed by atoms with Gasteiger partial charge in [0.05, 0.1) is 12.1 Å². The molecule has 2 aromatic carbocycles. The standard InChI is InChI=1S/C22H25N3O2/c1-15-12-19(26)9-10-20(15)17-7-5-16(6-8-17)13-18(14-23)25-11-3-2-4-21(25)22(24)27/h5-10,12,18,21,26H,2-4,11,13H2,1H3,(H2,24,27)/t18-,21?/m0/s1. The molecule has 1 aliphatic rings. The predicted octanol–water partition coefficient (Wildman–Crippen LogP) is 3.14. The van der Waals surface area contributed by atoms with Crippen molar-refractivity contribution in [3.05, 3.63) is 53.6 Å². The van der Waals surface area contributed by atoms with Gasteiger partial charge in [-0.3, -0.25) is 9.69 Å². The lowest BCUT2D eigenvalue weighted by molar-refractivity contribution is -0.125. The van der Waals surface area contributed by atoms with Crippen LogP contribution in [0.25, 0.3) is 11.1 Å². The first-order valence-electron chi connectivity index (χ1n) is 9.33. The Labute approximate surface area is 160 Å². The van der Waals surface area contributed by atoms with Gasteiger partial charge >= 0.3 is 0 Å². The number of amides is 1. The zero-order valence-corrected chi connectivity index (χ0v) is 15.6. The number of phenols is 1. The topological polar surface area (TPSA) is 90.3 Å². The molecule has 1 heterocycles. The second-order valence-corrected chi connectivity index (χ2v) is 7.20. The number of phenolic OH excluding ortho intramolecular Hbond substituents is 1. The zero-order valence-electron chi connectivity index (χ0n) is 15.6. The van der Waals surface area contributed by atoms with E-state index in [2.05, 4.69) is 6.07 Å². The third-order valence-corrected chi connectivity index (χ3v) is 5.33. The van der Waals surface area contributed by atoms with Crippen molar-refractivity contribution in [1.82, 2.24) is 4.90 Å². The van der Waals surface area contributed by atoms with Gasteiger partial charge in [0.15, 0.2) is 0 Å². The zero-order chi connectivity index (χ0) is 19.4. The lowest BCUT2D eigenvalue weighted by Gasteiger charge is -2.36. The largest absolute Gasteiger partial charge is 0.508 e. The molecule has 27 heavy (non-hydrogen) atoms. The Morgan fingerprint density at radius 1 is 1.30 bits per heavy atom. The van der Waals surface area contributed by atoms with Crippen molar-refractivity contribution in [2.45, 2.75) is 44.7 Å². The Kier molecular flexibility index (Phi) is 5.78. The lowest BCUT2D eigenvalue weighted by atomic mass is 9.95. The van der Waals surface area contributed by atoms with Gasteiger partial charge in [0.1, 0.15) is 11.8 Å². The minimum atomic E-state index is -0.357. The first-order chi connectivity index (χ1) is 13.0. The highest BCUT2D eigenvalue weighted by atomic mass is 16.3. The maximum atomic E-state index is 11.7. The van der Waals surface area contributed by atoms with Gasteiger partial charge in [-0.15, -0.1) is 0 Å². The maximum Gasteiger partial charge on any atom is 0.234 e. The number of piperidine rings is 1. The molecular formula is C22H25N3O2. The fourth-order valence-electron chi connectivity index (χ4n) is 3.88. The van der Waals surface area contributed by atoms with Crippen molar-refractivity contribution >= 4 is 5.91 Å². The van der Waals surface area contributed by atoms with E-state index in [0.717, 1.165) is 48.1 Å². The van der Waals surface area contributed by atoms with E-state index in [1.54, 1.807) is 12.1 Å². The average molecular weight is 363 g/mol. The molecule has 1 aliphatic heterocycles. The fraction of sp³-hybridized carbons (Fsp3) is 0.364. The third kappa shape index (κ3) is 4.29. The van der Waals surface area contributed by atoms with Gasteiger partial charge in [0, 0.05) is 13.0 Å². The molecule has 5 nitrogen and oxygen atoms in total. The summed E-state index contributed by atoms with van der Waals surface area (Å²) in [6, 6.07) is 15.1. The average Bonchev–Trinajstić information content (AvgIpc) is 2.67. The molecule has 1 unspecified atom stereocenters. The van der Waals surface area contributed by atoms with E-state index in [0.29, 0.717) is 6.42 Å². The van der Waals surface area contributed by atoms with Crippen LogP contribution in [0.4, 0.5) is 0 Å². The van der Waals surface area contributed by atoms with Gasteiger partial charge in [-0.25, -0.2) is 0 Å². The van der Waals surface area contributed by atoms with Crippen molar-refractivity contribution < 1.29 is 9.90 Å². The number of aryl methyl sites for hydroxylation is 1. The Bertz CT molecular complexity index is 855. The molecule has 140 valence electrons. The number of likely N-dealkylation sites (tertiary alicyclic amines) is 1. The predicted molar refractivity (Wildman–Crippen MR) is 105 cm³/mol. The molecular weight excluding hydrogens is 338 g/mol. The summed E-state index contributed by atoms with van der Waals surface area (Å²) >= 11 is 0. The number of nitrogens with two attached hydrogens (primary N) is 1. The summed E-state index contributed by atoms with van der Waals surface area (Å²) in [7, 11) is 0. The molecule has 5 heteroatoms. The van der Waals surface area contributed by atoms with Gasteiger partial charge in [-0.2, -0.15) is 5.26 Å². The smallest absolute Gasteiger partial charge is 0.234 e. The van der Waals surface area contributed by atoms with Crippen LogP contribution in [0.2, 0.25) is 0 Å². The van der Waals surface area contributed by atoms with E-state index in [1.165, 1.54) is 0 Å². The Morgan fingerprint density at radius 3 is 2.67 bits per heavy atom. The molecule has 2 atom stereocenters. The monoisotopic (exact) mass is 363 g/mol. The van der Waals surface area contributed by atoms with Gasteiger partial charge in [0.2, 0.25) is 5.91 Å². The van der Waals surface area contributed by atoms with E-state index in [-0.39, 0.29) is 23.7 Å². The van der Waals surface area contributed by atoms with Crippen LogP contribution in [0.15, 0.2) is 42.5 Å². The Balaban J connectivity index is 1.76. The van der Waals surface area contributed by atoms with Gasteiger partial charge in [-0.05, 0) is 54.2 Å². The van der Waals surface area contributed by atoms with Crippen molar-refractivity contribution in [2.75, 3.05) is 6.54 Å². The number of aromatic hydroxyl groups is 1. The Hall–Kier alpha value is -2.84. The molecule has 1 saturated heterocycles. The molecule has 0 saturated carbocycles. The first-order valence-corrected chi connectivity index (χ1v) is 9.33. The van der Waals surface area contributed by atoms with Crippen LogP contribution >= 0.6 is 0 Å². The number of hydrogen-bond donors (Lipinski definition) is 2. The lowest BCUT2D eigenvalue weighted by Crippen LogP contribution is -2.52. The summed E-state index contributed by atoms with van der Waals surface area (Å²) in [5.74, 6) is -0.0802. The van der Waals surface area contributed by atoms with E-state index in [4.69, 9.17) is 5.73 Å². The summed E-state index contributed by atoms with van der Waals surface area (Å²) in [5, 5.41) is 19.2. The van der Waals surface area contributed by atoms with Crippen molar-refractivity contribution in [1.29, 1.82) is 5.26 Å². The molecule has 0 spiro atoms. The van der Waals surface area contributed by atoms with E-state index < -0.39 is 0 Å². The number of rotatable bonds is 5. The summed E-state index contributed by atoms with van der Waals surface area (Å²) in [6.45, 7) is 2.70. The maximum absolute atomic E-state index is 11.7. The van der Waals surface area contributed by atoms with E-state index >= 15 is 0 Å². The first kappa shape index (κ1) is 18.9. The van der Waals surface area contributed by atoms with Crippen LogP contribution in [0.5, 0.6) is 5.75 Å². The van der Waals surface area contributed by atoms with Gasteiger partial charge in [-0.1, -0.05) is 36.8 Å². The number of carbonyl (C=O) groups excluding carboxylic acids is 1. The minimum absolute atomic E-state index is 0.260. The molecule has 1 fully saturated rings. The summed E-state index contributed by atoms with van der Waals surface area (Å²) in [6.07, 6.45) is 3.26. The van der Waals surface area contributed by atoms with Crippen LogP contribution in [0, 0.1) is 18.3 Å². The molecule has 0 radical (unpaired) electrons. The molecule has 2 aromatic rings. The van der Waals surface area contributed by atoms with Crippen LogP contribution in [0.1, 0.15) is 30.4 Å². The number of benzene rings is 2. The minimum Gasteiger partial charge on any atom is -0.508 e. The molecule has 0 bridgehead atoms.